The number of carbonyl (C=O) groups is 3. The molecule has 1 aliphatic carbocycles. The van der Waals surface area contributed by atoms with Gasteiger partial charge in [0.1, 0.15) is 23.2 Å². The molecule has 4 heterocycles. The Balaban J connectivity index is 1.25. The number of amides is 3. The van der Waals surface area contributed by atoms with Gasteiger partial charge in [-0.2, -0.15) is 0 Å². The van der Waals surface area contributed by atoms with Gasteiger partial charge in [0.2, 0.25) is 5.82 Å². The number of nitrogens with zero attached hydrogens (tertiary/aromatic N) is 6. The molecule has 14 heteroatoms. The minimum Gasteiger partial charge on any atom is -0.480 e. The molecule has 1 fully saturated rings. The first kappa shape index (κ1) is 33.7. The summed E-state index contributed by atoms with van der Waals surface area (Å²) in [7, 11) is 2.10. The lowest BCUT2D eigenvalue weighted by atomic mass is 9.81. The van der Waals surface area contributed by atoms with E-state index in [1.54, 1.807) is 30.4 Å². The summed E-state index contributed by atoms with van der Waals surface area (Å²) in [5, 5.41) is 26.0. The summed E-state index contributed by atoms with van der Waals surface area (Å²) >= 11 is 0. The van der Waals surface area contributed by atoms with Crippen LogP contribution < -0.4 is 20.7 Å². The largest absolute Gasteiger partial charge is 0.480 e. The summed E-state index contributed by atoms with van der Waals surface area (Å²) < 4.78 is 8.46. The van der Waals surface area contributed by atoms with Crippen molar-refractivity contribution in [2.45, 2.75) is 63.1 Å². The molecule has 4 N–H and O–H groups in total. The zero-order chi connectivity index (χ0) is 35.0. The summed E-state index contributed by atoms with van der Waals surface area (Å²) in [4.78, 5) is 49.8. The molecule has 1 aromatic carbocycles. The second-order valence-corrected chi connectivity index (χ2v) is 13.7. The zero-order valence-electron chi connectivity index (χ0n) is 28.2. The van der Waals surface area contributed by atoms with Gasteiger partial charge in [-0.25, -0.2) is 14.8 Å². The molecule has 1 saturated heterocycles. The number of aldehydes is 1. The van der Waals surface area contributed by atoms with Crippen LogP contribution in [0.4, 0.5) is 10.6 Å². The number of likely N-dealkylation sites (tertiary alicyclic amines) is 1. The molecular weight excluding hydrogens is 626 g/mol. The van der Waals surface area contributed by atoms with Crippen molar-refractivity contribution < 1.29 is 24.2 Å². The highest BCUT2D eigenvalue weighted by Gasteiger charge is 2.41. The number of ether oxygens (including phenoxy) is 1. The monoisotopic (exact) mass is 667 g/mol. The summed E-state index contributed by atoms with van der Waals surface area (Å²) in [6.45, 7) is 8.67. The fraction of sp³-hybridized carbons (Fsp3) is 0.400. The number of hydrogen-bond acceptors (Lipinski definition) is 10. The van der Waals surface area contributed by atoms with Gasteiger partial charge >= 0.3 is 6.03 Å². The fourth-order valence-corrected chi connectivity index (χ4v) is 6.31. The average Bonchev–Trinajstić information content (AvgIpc) is 3.66. The number of aromatic nitrogens is 5. The maximum Gasteiger partial charge on any atom is 0.321 e. The van der Waals surface area contributed by atoms with E-state index in [0.29, 0.717) is 28.9 Å². The Kier molecular flexibility index (Phi) is 8.94. The van der Waals surface area contributed by atoms with Gasteiger partial charge in [0.15, 0.2) is 17.8 Å². The van der Waals surface area contributed by atoms with Gasteiger partial charge in [-0.15, -0.1) is 10.2 Å². The first-order valence-electron chi connectivity index (χ1n) is 16.2. The third-order valence-corrected chi connectivity index (χ3v) is 9.21. The highest BCUT2D eigenvalue weighted by atomic mass is 16.5. The van der Waals surface area contributed by atoms with Gasteiger partial charge in [0.25, 0.3) is 5.91 Å². The number of urea groups is 1. The Hall–Kier alpha value is -5.21. The predicted molar refractivity (Wildman–Crippen MR) is 181 cm³/mol. The number of fused-ring (bicyclic) bond motifs is 2. The maximum atomic E-state index is 13.5. The van der Waals surface area contributed by atoms with Gasteiger partial charge in [0.05, 0.1) is 24.0 Å². The Bertz CT molecular complexity index is 1940. The van der Waals surface area contributed by atoms with Gasteiger partial charge in [-0.3, -0.25) is 24.2 Å². The number of hydrogen-bond donors (Lipinski definition) is 4. The lowest BCUT2D eigenvalue weighted by Crippen LogP contribution is -2.49. The molecule has 4 aromatic rings. The zero-order valence-corrected chi connectivity index (χ0v) is 28.2. The number of benzene rings is 1. The third-order valence-electron chi connectivity index (χ3n) is 9.21. The van der Waals surface area contributed by atoms with Crippen LogP contribution >= 0.6 is 0 Å². The van der Waals surface area contributed by atoms with E-state index in [0.717, 1.165) is 30.9 Å². The molecule has 0 unspecified atom stereocenters. The summed E-state index contributed by atoms with van der Waals surface area (Å²) in [6.07, 6.45) is 7.39. The Morgan fingerprint density at radius 3 is 2.65 bits per heavy atom. The molecule has 14 nitrogen and oxygen atoms in total. The van der Waals surface area contributed by atoms with Crippen molar-refractivity contribution in [3.05, 3.63) is 89.3 Å². The molecule has 3 amide bonds. The lowest BCUT2D eigenvalue weighted by Gasteiger charge is -2.34. The number of aliphatic hydroxyl groups is 1. The molecule has 2 aliphatic rings. The number of carbonyl (C=O) groups excluding carboxylic acids is 3. The molecule has 0 radical (unpaired) electrons. The number of aliphatic hydroxyl groups excluding tert-OH is 1. The highest BCUT2D eigenvalue weighted by Crippen LogP contribution is 2.39. The maximum absolute atomic E-state index is 13.5. The average molecular weight is 668 g/mol. The lowest BCUT2D eigenvalue weighted by molar-refractivity contribution is -0.111. The molecule has 256 valence electrons. The molecule has 3 atom stereocenters. The topological polar surface area (TPSA) is 176 Å². The number of anilines is 1. The van der Waals surface area contributed by atoms with E-state index in [1.807, 2.05) is 55.6 Å². The van der Waals surface area contributed by atoms with Crippen LogP contribution in [-0.2, 0) is 21.3 Å². The van der Waals surface area contributed by atoms with Crippen LogP contribution in [0.3, 0.4) is 0 Å². The molecule has 6 rings (SSSR count). The van der Waals surface area contributed by atoms with Crippen molar-refractivity contribution in [3.63, 3.8) is 0 Å². The second kappa shape index (κ2) is 13.0. The Labute approximate surface area is 284 Å². The van der Waals surface area contributed by atoms with E-state index in [1.165, 1.54) is 0 Å². The number of rotatable bonds is 9. The molecule has 49 heavy (non-hydrogen) atoms. The van der Waals surface area contributed by atoms with Crippen molar-refractivity contribution in [2.24, 2.45) is 0 Å². The van der Waals surface area contributed by atoms with Crippen LogP contribution in [0.25, 0.3) is 5.65 Å². The van der Waals surface area contributed by atoms with Crippen molar-refractivity contribution in [1.82, 2.24) is 40.1 Å². The third kappa shape index (κ3) is 6.48. The van der Waals surface area contributed by atoms with Crippen molar-refractivity contribution >= 4 is 29.7 Å². The molecule has 0 saturated carbocycles. The Morgan fingerprint density at radius 2 is 1.94 bits per heavy atom. The van der Waals surface area contributed by atoms with Gasteiger partial charge in [-0.05, 0) is 63.2 Å². The van der Waals surface area contributed by atoms with Crippen LogP contribution in [0.2, 0.25) is 0 Å². The second-order valence-electron chi connectivity index (χ2n) is 13.7. The van der Waals surface area contributed by atoms with Crippen LogP contribution in [-0.4, -0.2) is 79.5 Å². The van der Waals surface area contributed by atoms with Crippen LogP contribution in [0.1, 0.15) is 79.9 Å². The normalized spacial score (nSPS) is 22.0. The standard InChI is InChI=1S/C35H41N9O5/c1-33(2,3)26-19-27(38-29(37-26)30(47)36-16-18-45)39-32(48)40-35(21-46)15-13-25(23-9-6-7-10-24(23)35)49-22-11-12-28-41-42-31(44(28)20-22)34(4)14-8-17-43(34)5/h6-7,9-13,15,19-21,25,45H,8,14,16-18H2,1-5H3,(H,36,47)(H2,37,38,39,40,48)/t25-,34+,35-/m1/s1. The van der Waals surface area contributed by atoms with E-state index in [9.17, 15) is 14.4 Å². The van der Waals surface area contributed by atoms with Crippen LogP contribution in [0, 0.1) is 0 Å². The summed E-state index contributed by atoms with van der Waals surface area (Å²) in [6, 6.07) is 11.8. The van der Waals surface area contributed by atoms with Crippen molar-refractivity contribution in [1.29, 1.82) is 0 Å². The molecular formula is C35H41N9O5. The minimum atomic E-state index is -1.52. The van der Waals surface area contributed by atoms with Gasteiger partial charge < -0.3 is 20.5 Å². The van der Waals surface area contributed by atoms with Crippen LogP contribution in [0.15, 0.2) is 60.8 Å². The Morgan fingerprint density at radius 1 is 1.14 bits per heavy atom. The number of nitrogens with one attached hydrogen (secondary N) is 3. The minimum absolute atomic E-state index is 0.0247. The molecule has 1 aliphatic heterocycles. The van der Waals surface area contributed by atoms with Gasteiger partial charge in [-0.1, -0.05) is 45.0 Å². The number of pyridine rings is 1. The fourth-order valence-electron chi connectivity index (χ4n) is 6.31. The molecule has 0 spiro atoms. The molecule has 0 bridgehead atoms. The van der Waals surface area contributed by atoms with Crippen molar-refractivity contribution in [3.8, 4) is 5.75 Å². The summed E-state index contributed by atoms with van der Waals surface area (Å²) in [5.74, 6) is 0.749. The first-order chi connectivity index (χ1) is 23.4. The molecule has 3 aromatic heterocycles. The SMILES string of the molecule is CN1CCC[C@@]1(C)c1nnc2ccc(O[C@@H]3C=C[C@](C=O)(NC(=O)Nc4cc(C(C)(C)C)nc(C(=O)NCCO)n4)c4ccccc43)cn12. The summed E-state index contributed by atoms with van der Waals surface area (Å²) in [5.41, 5.74) is 0.228. The van der Waals surface area contributed by atoms with Gasteiger partial charge in [0, 0.05) is 23.6 Å². The predicted octanol–water partition coefficient (Wildman–Crippen LogP) is 3.39. The smallest absolute Gasteiger partial charge is 0.321 e. The van der Waals surface area contributed by atoms with E-state index in [2.05, 4.69) is 55.0 Å². The van der Waals surface area contributed by atoms with E-state index in [4.69, 9.17) is 9.84 Å². The van der Waals surface area contributed by atoms with E-state index < -0.39 is 29.0 Å². The highest BCUT2D eigenvalue weighted by molar-refractivity contribution is 5.94. The van der Waals surface area contributed by atoms with Crippen LogP contribution in [0.5, 0.6) is 5.75 Å². The van der Waals surface area contributed by atoms with Crippen molar-refractivity contribution in [2.75, 3.05) is 32.1 Å². The quantitative estimate of drug-likeness (QED) is 0.153. The van der Waals surface area contributed by atoms with E-state index >= 15 is 0 Å². The first-order valence-corrected chi connectivity index (χ1v) is 16.2. The van der Waals surface area contributed by atoms with E-state index in [-0.39, 0.29) is 30.3 Å².